The first kappa shape index (κ1) is 21.8. The van der Waals surface area contributed by atoms with Crippen molar-refractivity contribution in [3.05, 3.63) is 71.6 Å². The lowest BCUT2D eigenvalue weighted by atomic mass is 10.2. The van der Waals surface area contributed by atoms with Gasteiger partial charge < -0.3 is 19.5 Å². The van der Waals surface area contributed by atoms with Crippen molar-refractivity contribution in [2.75, 3.05) is 19.4 Å². The molecule has 2 aromatic carbocycles. The van der Waals surface area contributed by atoms with E-state index in [9.17, 15) is 4.79 Å². The monoisotopic (exact) mass is 472 g/mol. The molecular formula is C25H24N6O2S. The number of nitrogens with zero attached hydrogens (tertiary/aromatic N) is 5. The number of carbonyl (C=O) groups is 1. The fourth-order valence-electron chi connectivity index (χ4n) is 3.92. The van der Waals surface area contributed by atoms with Crippen LogP contribution in [0.5, 0.6) is 5.75 Å². The summed E-state index contributed by atoms with van der Waals surface area (Å²) in [6.07, 6.45) is 2.96. The van der Waals surface area contributed by atoms with Crippen molar-refractivity contribution in [2.24, 2.45) is 0 Å². The van der Waals surface area contributed by atoms with Crippen LogP contribution in [-0.4, -0.2) is 50.5 Å². The quantitative estimate of drug-likeness (QED) is 0.370. The van der Waals surface area contributed by atoms with Crippen molar-refractivity contribution in [2.45, 2.75) is 19.6 Å². The van der Waals surface area contributed by atoms with Gasteiger partial charge in [-0.1, -0.05) is 6.07 Å². The fraction of sp³-hybridized carbons (Fsp3) is 0.200. The molecule has 34 heavy (non-hydrogen) atoms. The number of anilines is 2. The predicted octanol–water partition coefficient (Wildman–Crippen LogP) is 4.69. The van der Waals surface area contributed by atoms with Crippen LogP contribution in [0.15, 0.2) is 65.9 Å². The predicted molar refractivity (Wildman–Crippen MR) is 135 cm³/mol. The molecule has 5 rings (SSSR count). The van der Waals surface area contributed by atoms with Crippen LogP contribution in [0.25, 0.3) is 21.8 Å². The molecule has 0 spiro atoms. The second-order valence-corrected chi connectivity index (χ2v) is 8.91. The lowest BCUT2D eigenvalue weighted by Gasteiger charge is -2.20. The highest BCUT2D eigenvalue weighted by Gasteiger charge is 2.19. The van der Waals surface area contributed by atoms with Gasteiger partial charge in [-0.2, -0.15) is 0 Å². The number of likely N-dealkylation sites (N-methyl/N-ethyl adjacent to an activating group) is 1. The van der Waals surface area contributed by atoms with Gasteiger partial charge in [0.05, 0.1) is 28.7 Å². The van der Waals surface area contributed by atoms with Crippen molar-refractivity contribution in [1.82, 2.24) is 24.4 Å². The molecule has 0 aliphatic heterocycles. The molecule has 1 atom stereocenters. The van der Waals surface area contributed by atoms with Crippen molar-refractivity contribution < 1.29 is 9.53 Å². The molecule has 0 saturated heterocycles. The summed E-state index contributed by atoms with van der Waals surface area (Å²) < 4.78 is 8.22. The Labute approximate surface area is 200 Å². The number of hydrogen-bond acceptors (Lipinski definition) is 7. The molecule has 9 heteroatoms. The van der Waals surface area contributed by atoms with Gasteiger partial charge in [-0.3, -0.25) is 4.79 Å². The summed E-state index contributed by atoms with van der Waals surface area (Å²) in [6, 6.07) is 13.9. The van der Waals surface area contributed by atoms with Crippen LogP contribution in [0.3, 0.4) is 0 Å². The molecule has 172 valence electrons. The van der Waals surface area contributed by atoms with Gasteiger partial charge in [0.25, 0.3) is 5.91 Å². The van der Waals surface area contributed by atoms with Gasteiger partial charge in [0.2, 0.25) is 0 Å². The van der Waals surface area contributed by atoms with E-state index in [-0.39, 0.29) is 5.91 Å². The van der Waals surface area contributed by atoms with Crippen LogP contribution in [0.2, 0.25) is 0 Å². The van der Waals surface area contributed by atoms with Gasteiger partial charge in [-0.05, 0) is 43.3 Å². The largest absolute Gasteiger partial charge is 0.480 e. The maximum atomic E-state index is 12.3. The average Bonchev–Trinajstić information content (AvgIpc) is 3.49. The highest BCUT2D eigenvalue weighted by Crippen LogP contribution is 2.33. The maximum absolute atomic E-state index is 12.3. The zero-order chi connectivity index (χ0) is 23.7. The number of nitrogens with one attached hydrogen (secondary N) is 1. The van der Waals surface area contributed by atoms with E-state index in [1.807, 2.05) is 29.8 Å². The third kappa shape index (κ3) is 4.29. The van der Waals surface area contributed by atoms with E-state index in [1.165, 1.54) is 11.2 Å². The SMILES string of the molecule is CC(Oc1cccc2ncnc(Nc3ccc4c(ccn4Cc4cscn4)c3)c12)C(=O)N(C)C. The minimum absolute atomic E-state index is 0.115. The average molecular weight is 473 g/mol. The molecule has 0 aliphatic carbocycles. The Balaban J connectivity index is 1.46. The maximum Gasteiger partial charge on any atom is 0.262 e. The fourth-order valence-corrected chi connectivity index (χ4v) is 4.47. The Hall–Kier alpha value is -3.98. The summed E-state index contributed by atoms with van der Waals surface area (Å²) in [5.74, 6) is 1.06. The summed E-state index contributed by atoms with van der Waals surface area (Å²) in [6.45, 7) is 2.48. The number of aromatic nitrogens is 4. The zero-order valence-electron chi connectivity index (χ0n) is 19.1. The molecule has 1 amide bonds. The van der Waals surface area contributed by atoms with Crippen molar-refractivity contribution in [3.8, 4) is 5.75 Å². The minimum atomic E-state index is -0.637. The van der Waals surface area contributed by atoms with Crippen LogP contribution in [0, 0.1) is 0 Å². The van der Waals surface area contributed by atoms with Crippen LogP contribution >= 0.6 is 11.3 Å². The van der Waals surface area contributed by atoms with E-state index < -0.39 is 6.10 Å². The van der Waals surface area contributed by atoms with E-state index in [2.05, 4.69) is 54.6 Å². The molecule has 0 fully saturated rings. The summed E-state index contributed by atoms with van der Waals surface area (Å²) in [7, 11) is 3.42. The number of rotatable bonds is 7. The summed E-state index contributed by atoms with van der Waals surface area (Å²) in [5, 5.41) is 7.32. The first-order valence-electron chi connectivity index (χ1n) is 10.8. The third-order valence-corrected chi connectivity index (χ3v) is 6.20. The molecule has 5 aromatic rings. The molecule has 8 nitrogen and oxygen atoms in total. The van der Waals surface area contributed by atoms with E-state index in [1.54, 1.807) is 32.4 Å². The lowest BCUT2D eigenvalue weighted by Crippen LogP contribution is -2.35. The Kier molecular flexibility index (Phi) is 5.85. The highest BCUT2D eigenvalue weighted by atomic mass is 32.1. The third-order valence-electron chi connectivity index (χ3n) is 5.57. The van der Waals surface area contributed by atoms with E-state index in [0.29, 0.717) is 11.6 Å². The van der Waals surface area contributed by atoms with E-state index in [0.717, 1.165) is 39.7 Å². The molecule has 1 unspecified atom stereocenters. The van der Waals surface area contributed by atoms with Crippen LogP contribution in [0.1, 0.15) is 12.6 Å². The molecule has 0 aliphatic rings. The smallest absolute Gasteiger partial charge is 0.262 e. The van der Waals surface area contributed by atoms with Gasteiger partial charge in [0.1, 0.15) is 17.9 Å². The standard InChI is InChI=1S/C25H24N6O2S/c1-16(25(32)30(2)3)33-22-6-4-5-20-23(22)24(27-14-26-20)29-18-7-8-21-17(11-18)9-10-31(21)12-19-13-34-15-28-19/h4-11,13-16H,12H2,1-3H3,(H,26,27,29). The zero-order valence-corrected chi connectivity index (χ0v) is 19.9. The van der Waals surface area contributed by atoms with E-state index in [4.69, 9.17) is 4.74 Å². The van der Waals surface area contributed by atoms with Crippen LogP contribution < -0.4 is 10.1 Å². The summed E-state index contributed by atoms with van der Waals surface area (Å²) >= 11 is 1.60. The lowest BCUT2D eigenvalue weighted by molar-refractivity contribution is -0.135. The molecule has 1 N–H and O–H groups in total. The first-order valence-corrected chi connectivity index (χ1v) is 11.8. The number of benzene rings is 2. The van der Waals surface area contributed by atoms with Crippen molar-refractivity contribution >= 4 is 50.6 Å². The van der Waals surface area contributed by atoms with Gasteiger partial charge in [0, 0.05) is 42.3 Å². The number of thiazole rings is 1. The second kappa shape index (κ2) is 9.11. The molecule has 0 radical (unpaired) electrons. The Bertz CT molecular complexity index is 1460. The van der Waals surface area contributed by atoms with Crippen molar-refractivity contribution in [3.63, 3.8) is 0 Å². The molecular weight excluding hydrogens is 448 g/mol. The molecule has 0 saturated carbocycles. The van der Waals surface area contributed by atoms with Crippen LogP contribution in [0.4, 0.5) is 11.5 Å². The minimum Gasteiger partial charge on any atom is -0.480 e. The van der Waals surface area contributed by atoms with Crippen molar-refractivity contribution in [1.29, 1.82) is 0 Å². The number of amides is 1. The van der Waals surface area contributed by atoms with Gasteiger partial charge in [0.15, 0.2) is 6.10 Å². The summed E-state index contributed by atoms with van der Waals surface area (Å²) in [5.41, 5.74) is 5.66. The number of hydrogen-bond donors (Lipinski definition) is 1. The van der Waals surface area contributed by atoms with Gasteiger partial charge in [-0.15, -0.1) is 11.3 Å². The first-order chi connectivity index (χ1) is 16.5. The topological polar surface area (TPSA) is 85.2 Å². The highest BCUT2D eigenvalue weighted by molar-refractivity contribution is 7.07. The number of carbonyl (C=O) groups excluding carboxylic acids is 1. The van der Waals surface area contributed by atoms with Crippen LogP contribution in [-0.2, 0) is 11.3 Å². The molecule has 3 aromatic heterocycles. The summed E-state index contributed by atoms with van der Waals surface area (Å²) in [4.78, 5) is 27.1. The Morgan fingerprint density at radius 2 is 2.06 bits per heavy atom. The van der Waals surface area contributed by atoms with Gasteiger partial charge >= 0.3 is 0 Å². The van der Waals surface area contributed by atoms with E-state index >= 15 is 0 Å². The number of ether oxygens (including phenoxy) is 1. The molecule has 3 heterocycles. The number of fused-ring (bicyclic) bond motifs is 2. The molecule has 0 bridgehead atoms. The Morgan fingerprint density at radius 3 is 2.85 bits per heavy atom. The normalized spacial score (nSPS) is 12.1. The van der Waals surface area contributed by atoms with Gasteiger partial charge in [-0.25, -0.2) is 15.0 Å². The second-order valence-electron chi connectivity index (χ2n) is 8.19. The Morgan fingerprint density at radius 1 is 1.18 bits per heavy atom.